The lowest BCUT2D eigenvalue weighted by atomic mass is 9.96. The molecule has 2 aliphatic heterocycles. The van der Waals surface area contributed by atoms with Gasteiger partial charge in [-0.05, 0) is 31.5 Å². The van der Waals surface area contributed by atoms with Gasteiger partial charge in [-0.3, -0.25) is 9.59 Å². The van der Waals surface area contributed by atoms with Crippen molar-refractivity contribution in [2.24, 2.45) is 0 Å². The number of carbonyl (C=O) groups excluding carboxylic acids is 2. The summed E-state index contributed by atoms with van der Waals surface area (Å²) in [6.07, 6.45) is 1.83. The van der Waals surface area contributed by atoms with Gasteiger partial charge in [-0.1, -0.05) is 30.3 Å². The Hall–Kier alpha value is -1.88. The average molecular weight is 287 g/mol. The Labute approximate surface area is 124 Å². The van der Waals surface area contributed by atoms with Crippen LogP contribution in [0.1, 0.15) is 24.3 Å². The molecule has 1 aromatic rings. The maximum Gasteiger partial charge on any atom is 0.239 e. The molecule has 3 rings (SSSR count). The van der Waals surface area contributed by atoms with E-state index in [1.807, 2.05) is 30.3 Å². The van der Waals surface area contributed by atoms with Crippen molar-refractivity contribution in [3.8, 4) is 0 Å². The van der Waals surface area contributed by atoms with E-state index in [1.54, 1.807) is 4.90 Å². The quantitative estimate of drug-likeness (QED) is 0.832. The number of benzene rings is 1. The van der Waals surface area contributed by atoms with Crippen LogP contribution in [0.5, 0.6) is 0 Å². The molecule has 5 nitrogen and oxygen atoms in total. The summed E-state index contributed by atoms with van der Waals surface area (Å²) in [6, 6.07) is 9.90. The van der Waals surface area contributed by atoms with E-state index >= 15 is 0 Å². The molecule has 0 radical (unpaired) electrons. The van der Waals surface area contributed by atoms with Crippen LogP contribution in [0.25, 0.3) is 0 Å². The highest BCUT2D eigenvalue weighted by Gasteiger charge is 2.35. The van der Waals surface area contributed by atoms with E-state index in [2.05, 4.69) is 10.6 Å². The van der Waals surface area contributed by atoms with Crippen molar-refractivity contribution in [3.05, 3.63) is 35.9 Å². The molecular formula is C16H21N3O2. The van der Waals surface area contributed by atoms with Crippen LogP contribution in [0.3, 0.4) is 0 Å². The molecule has 2 amide bonds. The zero-order chi connectivity index (χ0) is 14.7. The van der Waals surface area contributed by atoms with Gasteiger partial charge in [-0.15, -0.1) is 0 Å². The van der Waals surface area contributed by atoms with Crippen LogP contribution < -0.4 is 10.6 Å². The van der Waals surface area contributed by atoms with Gasteiger partial charge >= 0.3 is 0 Å². The van der Waals surface area contributed by atoms with E-state index < -0.39 is 0 Å². The highest BCUT2D eigenvalue weighted by Crippen LogP contribution is 2.23. The minimum atomic E-state index is -0.271. The first-order chi connectivity index (χ1) is 10.3. The summed E-state index contributed by atoms with van der Waals surface area (Å²) in [7, 11) is 0. The molecule has 0 spiro atoms. The topological polar surface area (TPSA) is 61.4 Å². The molecule has 0 aliphatic carbocycles. The van der Waals surface area contributed by atoms with Crippen LogP contribution in [-0.4, -0.2) is 48.9 Å². The van der Waals surface area contributed by atoms with Crippen LogP contribution in [0.15, 0.2) is 30.3 Å². The maximum atomic E-state index is 12.9. The third-order valence-electron chi connectivity index (χ3n) is 4.35. The smallest absolute Gasteiger partial charge is 0.239 e. The zero-order valence-electron chi connectivity index (χ0n) is 12.0. The van der Waals surface area contributed by atoms with Crippen molar-refractivity contribution in [3.63, 3.8) is 0 Å². The van der Waals surface area contributed by atoms with Crippen molar-refractivity contribution in [2.45, 2.75) is 24.8 Å². The van der Waals surface area contributed by atoms with Gasteiger partial charge in [0, 0.05) is 12.6 Å². The van der Waals surface area contributed by atoms with E-state index in [0.29, 0.717) is 6.54 Å². The minimum Gasteiger partial charge on any atom is -0.353 e. The van der Waals surface area contributed by atoms with E-state index in [4.69, 9.17) is 0 Å². The maximum absolute atomic E-state index is 12.9. The van der Waals surface area contributed by atoms with Gasteiger partial charge in [0.15, 0.2) is 0 Å². The molecule has 0 unspecified atom stereocenters. The fourth-order valence-corrected chi connectivity index (χ4v) is 3.17. The Morgan fingerprint density at radius 2 is 1.76 bits per heavy atom. The number of hydrogen-bond donors (Lipinski definition) is 2. The summed E-state index contributed by atoms with van der Waals surface area (Å²) in [5.74, 6) is -0.251. The number of piperidine rings is 1. The molecule has 112 valence electrons. The standard InChI is InChI=1S/C16H21N3O2/c20-15-11-19(13-6-8-17-9-7-13)16(21)14(10-18-15)12-4-2-1-3-5-12/h1-5,13-14,17H,6-11H2,(H,18,20)/t14-/m0/s1. The van der Waals surface area contributed by atoms with Gasteiger partial charge in [-0.2, -0.15) is 0 Å². The van der Waals surface area contributed by atoms with Crippen LogP contribution in [0, 0.1) is 0 Å². The molecule has 0 saturated carbocycles. The Kier molecular flexibility index (Phi) is 4.20. The molecular weight excluding hydrogens is 266 g/mol. The SMILES string of the molecule is O=C1CN(C2CCNCC2)C(=O)[C@H](c2ccccc2)CN1. The Bertz CT molecular complexity index is 512. The fraction of sp³-hybridized carbons (Fsp3) is 0.500. The first kappa shape index (κ1) is 14.1. The monoisotopic (exact) mass is 287 g/mol. The van der Waals surface area contributed by atoms with Gasteiger partial charge in [0.25, 0.3) is 0 Å². The Morgan fingerprint density at radius 1 is 1.05 bits per heavy atom. The summed E-state index contributed by atoms with van der Waals surface area (Å²) in [6.45, 7) is 2.40. The third-order valence-corrected chi connectivity index (χ3v) is 4.35. The molecule has 1 aromatic carbocycles. The summed E-state index contributed by atoms with van der Waals surface area (Å²) >= 11 is 0. The first-order valence-corrected chi connectivity index (χ1v) is 7.58. The van der Waals surface area contributed by atoms with E-state index in [0.717, 1.165) is 31.5 Å². The Morgan fingerprint density at radius 3 is 2.48 bits per heavy atom. The Balaban J connectivity index is 1.85. The summed E-state index contributed by atoms with van der Waals surface area (Å²) < 4.78 is 0. The molecule has 21 heavy (non-hydrogen) atoms. The average Bonchev–Trinajstić information content (AvgIpc) is 2.68. The minimum absolute atomic E-state index is 0.0553. The van der Waals surface area contributed by atoms with Gasteiger partial charge in [-0.25, -0.2) is 0 Å². The number of nitrogens with zero attached hydrogens (tertiary/aromatic N) is 1. The molecule has 0 aromatic heterocycles. The molecule has 2 fully saturated rings. The van der Waals surface area contributed by atoms with Gasteiger partial charge < -0.3 is 15.5 Å². The number of carbonyl (C=O) groups is 2. The van der Waals surface area contributed by atoms with E-state index in [9.17, 15) is 9.59 Å². The molecule has 2 N–H and O–H groups in total. The third kappa shape index (κ3) is 3.08. The van der Waals surface area contributed by atoms with Crippen molar-refractivity contribution in [1.29, 1.82) is 0 Å². The van der Waals surface area contributed by atoms with Crippen molar-refractivity contribution >= 4 is 11.8 Å². The van der Waals surface area contributed by atoms with Gasteiger partial charge in [0.05, 0.1) is 12.5 Å². The second kappa shape index (κ2) is 6.26. The molecule has 2 heterocycles. The van der Waals surface area contributed by atoms with Gasteiger partial charge in [0.2, 0.25) is 11.8 Å². The summed E-state index contributed by atoms with van der Waals surface area (Å²) in [5, 5.41) is 6.18. The fourth-order valence-electron chi connectivity index (χ4n) is 3.17. The molecule has 2 aliphatic rings. The number of rotatable bonds is 2. The van der Waals surface area contributed by atoms with Crippen LogP contribution in [0.4, 0.5) is 0 Å². The predicted molar refractivity (Wildman–Crippen MR) is 79.8 cm³/mol. The summed E-state index contributed by atoms with van der Waals surface area (Å²) in [4.78, 5) is 26.6. The normalized spacial score (nSPS) is 24.6. The van der Waals surface area contributed by atoms with Crippen LogP contribution >= 0.6 is 0 Å². The largest absolute Gasteiger partial charge is 0.353 e. The van der Waals surface area contributed by atoms with E-state index in [1.165, 1.54) is 0 Å². The first-order valence-electron chi connectivity index (χ1n) is 7.58. The van der Waals surface area contributed by atoms with Crippen LogP contribution in [-0.2, 0) is 9.59 Å². The lowest BCUT2D eigenvalue weighted by Crippen LogP contribution is -2.48. The van der Waals surface area contributed by atoms with Crippen molar-refractivity contribution < 1.29 is 9.59 Å². The number of amides is 2. The molecule has 2 saturated heterocycles. The second-order valence-corrected chi connectivity index (χ2v) is 5.71. The number of hydrogen-bond acceptors (Lipinski definition) is 3. The molecule has 5 heteroatoms. The molecule has 0 bridgehead atoms. The second-order valence-electron chi connectivity index (χ2n) is 5.71. The highest BCUT2D eigenvalue weighted by molar-refractivity contribution is 5.91. The van der Waals surface area contributed by atoms with Crippen molar-refractivity contribution in [2.75, 3.05) is 26.2 Å². The molecule has 1 atom stereocenters. The summed E-state index contributed by atoms with van der Waals surface area (Å²) in [5.41, 5.74) is 0.976. The number of nitrogens with one attached hydrogen (secondary N) is 2. The lowest BCUT2D eigenvalue weighted by Gasteiger charge is -2.34. The van der Waals surface area contributed by atoms with Crippen LogP contribution in [0.2, 0.25) is 0 Å². The van der Waals surface area contributed by atoms with Gasteiger partial charge in [0.1, 0.15) is 0 Å². The van der Waals surface area contributed by atoms with E-state index in [-0.39, 0.29) is 30.3 Å². The highest BCUT2D eigenvalue weighted by atomic mass is 16.2. The van der Waals surface area contributed by atoms with Crippen molar-refractivity contribution in [1.82, 2.24) is 15.5 Å². The predicted octanol–water partition coefficient (Wildman–Crippen LogP) is 0.481. The lowest BCUT2D eigenvalue weighted by molar-refractivity contribution is -0.137. The zero-order valence-corrected chi connectivity index (χ0v) is 12.0.